The van der Waals surface area contributed by atoms with Gasteiger partial charge in [0.25, 0.3) is 5.91 Å². The van der Waals surface area contributed by atoms with Crippen LogP contribution in [0.25, 0.3) is 0 Å². The molecular formula is C32H32FN5O6. The molecule has 1 aliphatic heterocycles. The molecule has 0 bridgehead atoms. The van der Waals surface area contributed by atoms with E-state index in [1.54, 1.807) is 63.0 Å². The van der Waals surface area contributed by atoms with Crippen LogP contribution in [0.5, 0.6) is 11.5 Å². The Morgan fingerprint density at radius 1 is 1.05 bits per heavy atom. The lowest BCUT2D eigenvalue weighted by molar-refractivity contribution is 0.0634. The van der Waals surface area contributed by atoms with Gasteiger partial charge < -0.3 is 19.5 Å². The third-order valence-electron chi connectivity index (χ3n) is 6.62. The van der Waals surface area contributed by atoms with E-state index in [4.69, 9.17) is 14.2 Å². The summed E-state index contributed by atoms with van der Waals surface area (Å²) in [5, 5.41) is 9.48. The van der Waals surface area contributed by atoms with Gasteiger partial charge in [0.2, 0.25) is 0 Å². The Kier molecular flexibility index (Phi) is 8.52. The van der Waals surface area contributed by atoms with Crippen LogP contribution in [0.2, 0.25) is 0 Å². The summed E-state index contributed by atoms with van der Waals surface area (Å²) in [5.41, 5.74) is 1.87. The van der Waals surface area contributed by atoms with Crippen LogP contribution in [-0.2, 0) is 24.4 Å². The average Bonchev–Trinajstić information content (AvgIpc) is 3.44. The molecule has 5 rings (SSSR count). The van der Waals surface area contributed by atoms with Gasteiger partial charge in [-0.2, -0.15) is 5.10 Å². The van der Waals surface area contributed by atoms with Gasteiger partial charge in [-0.3, -0.25) is 19.7 Å². The highest BCUT2D eigenvalue weighted by molar-refractivity contribution is 6.04. The van der Waals surface area contributed by atoms with Gasteiger partial charge in [-0.25, -0.2) is 14.0 Å². The van der Waals surface area contributed by atoms with Gasteiger partial charge in [-0.1, -0.05) is 30.3 Å². The van der Waals surface area contributed by atoms with Crippen LogP contribution < -0.4 is 20.1 Å². The van der Waals surface area contributed by atoms with E-state index in [0.29, 0.717) is 29.1 Å². The van der Waals surface area contributed by atoms with E-state index in [-0.39, 0.29) is 30.2 Å². The van der Waals surface area contributed by atoms with Gasteiger partial charge in [-0.15, -0.1) is 0 Å². The SMILES string of the molecule is COc1ccc(Cn2cc(C(=O)Nc3ccc4c(c3)OC(=O)N(Cc3cccc(NC(=O)OC(C)(C)C)c3F)C4)cn2)cc1. The summed E-state index contributed by atoms with van der Waals surface area (Å²) in [6, 6.07) is 17.1. The highest BCUT2D eigenvalue weighted by atomic mass is 19.1. The molecule has 228 valence electrons. The Morgan fingerprint density at radius 3 is 2.55 bits per heavy atom. The summed E-state index contributed by atoms with van der Waals surface area (Å²) >= 11 is 0. The summed E-state index contributed by atoms with van der Waals surface area (Å²) in [6.07, 6.45) is 1.66. The number of halogens is 1. The maximum Gasteiger partial charge on any atom is 0.415 e. The Morgan fingerprint density at radius 2 is 1.82 bits per heavy atom. The van der Waals surface area contributed by atoms with Crippen molar-refractivity contribution in [1.82, 2.24) is 14.7 Å². The zero-order chi connectivity index (χ0) is 31.4. The quantitative estimate of drug-likeness (QED) is 0.247. The second-order valence-electron chi connectivity index (χ2n) is 11.2. The fourth-order valence-electron chi connectivity index (χ4n) is 4.51. The van der Waals surface area contributed by atoms with Gasteiger partial charge in [0, 0.05) is 29.1 Å². The number of carbonyl (C=O) groups excluding carboxylic acids is 3. The van der Waals surface area contributed by atoms with Crippen LogP contribution in [0.3, 0.4) is 0 Å². The zero-order valence-corrected chi connectivity index (χ0v) is 24.7. The molecule has 0 unspecified atom stereocenters. The molecule has 2 heterocycles. The third kappa shape index (κ3) is 7.33. The lowest BCUT2D eigenvalue weighted by atomic mass is 10.1. The van der Waals surface area contributed by atoms with E-state index in [1.807, 2.05) is 24.3 Å². The number of aromatic nitrogens is 2. The number of carbonyl (C=O) groups is 3. The number of nitrogens with one attached hydrogen (secondary N) is 2. The molecule has 0 aliphatic carbocycles. The first kappa shape index (κ1) is 30.1. The number of nitrogens with zero attached hydrogens (tertiary/aromatic N) is 3. The molecule has 0 atom stereocenters. The number of amides is 3. The lowest BCUT2D eigenvalue weighted by Crippen LogP contribution is -2.36. The number of methoxy groups -OCH3 is 1. The molecule has 0 saturated heterocycles. The fraction of sp³-hybridized carbons (Fsp3) is 0.250. The van der Waals surface area contributed by atoms with Crippen molar-refractivity contribution in [2.24, 2.45) is 0 Å². The molecule has 11 nitrogen and oxygen atoms in total. The maximum absolute atomic E-state index is 15.2. The fourth-order valence-corrected chi connectivity index (χ4v) is 4.51. The monoisotopic (exact) mass is 601 g/mol. The van der Waals surface area contributed by atoms with E-state index in [9.17, 15) is 14.4 Å². The largest absolute Gasteiger partial charge is 0.497 e. The first-order valence-corrected chi connectivity index (χ1v) is 13.8. The van der Waals surface area contributed by atoms with E-state index in [2.05, 4.69) is 15.7 Å². The summed E-state index contributed by atoms with van der Waals surface area (Å²) in [4.78, 5) is 39.2. The molecule has 0 spiro atoms. The second kappa shape index (κ2) is 12.5. The van der Waals surface area contributed by atoms with Gasteiger partial charge in [0.05, 0.1) is 44.2 Å². The molecule has 1 aliphatic rings. The molecule has 2 N–H and O–H groups in total. The van der Waals surface area contributed by atoms with Crippen LogP contribution in [-0.4, -0.2) is 45.5 Å². The van der Waals surface area contributed by atoms with Crippen molar-refractivity contribution in [2.45, 2.75) is 46.0 Å². The van der Waals surface area contributed by atoms with Gasteiger partial charge >= 0.3 is 12.2 Å². The Hall–Kier alpha value is -5.39. The Bertz CT molecular complexity index is 1700. The van der Waals surface area contributed by atoms with Crippen molar-refractivity contribution < 1.29 is 33.0 Å². The topological polar surface area (TPSA) is 124 Å². The number of anilines is 2. The minimum atomic E-state index is -0.787. The minimum absolute atomic E-state index is 0.0609. The standard InChI is InChI=1S/C32H32FN5O6/c1-32(2,3)44-30(40)36-26-7-5-6-22(28(26)33)18-37-17-21-10-11-24(14-27(21)43-31(37)41)35-29(39)23-15-34-38(19-23)16-20-8-12-25(42-4)13-9-20/h5-15,19H,16-18H2,1-4H3,(H,35,39)(H,36,40). The molecule has 44 heavy (non-hydrogen) atoms. The van der Waals surface area contributed by atoms with Crippen molar-refractivity contribution in [3.05, 3.63) is 101 Å². The predicted molar refractivity (Wildman–Crippen MR) is 160 cm³/mol. The summed E-state index contributed by atoms with van der Waals surface area (Å²) in [6.45, 7) is 5.67. The van der Waals surface area contributed by atoms with E-state index < -0.39 is 23.6 Å². The van der Waals surface area contributed by atoms with Crippen LogP contribution in [0.4, 0.5) is 25.4 Å². The van der Waals surface area contributed by atoms with Crippen LogP contribution >= 0.6 is 0 Å². The molecule has 3 aromatic carbocycles. The first-order chi connectivity index (χ1) is 21.0. The number of fused-ring (bicyclic) bond motifs is 1. The van der Waals surface area contributed by atoms with E-state index in [0.717, 1.165) is 11.3 Å². The van der Waals surface area contributed by atoms with Crippen LogP contribution in [0, 0.1) is 5.82 Å². The van der Waals surface area contributed by atoms with Crippen molar-refractivity contribution in [3.8, 4) is 11.5 Å². The number of ether oxygens (including phenoxy) is 3. The highest BCUT2D eigenvalue weighted by Crippen LogP contribution is 2.31. The van der Waals surface area contributed by atoms with Gasteiger partial charge in [0.15, 0.2) is 5.82 Å². The molecule has 4 aromatic rings. The highest BCUT2D eigenvalue weighted by Gasteiger charge is 2.27. The summed E-state index contributed by atoms with van der Waals surface area (Å²) in [5.74, 6) is -0.00135. The maximum atomic E-state index is 15.2. The molecule has 0 radical (unpaired) electrons. The number of hydrogen-bond acceptors (Lipinski definition) is 7. The molecule has 1 aromatic heterocycles. The number of hydrogen-bond donors (Lipinski definition) is 2. The van der Waals surface area contributed by atoms with Crippen molar-refractivity contribution in [1.29, 1.82) is 0 Å². The minimum Gasteiger partial charge on any atom is -0.497 e. The Balaban J connectivity index is 1.21. The third-order valence-corrected chi connectivity index (χ3v) is 6.62. The average molecular weight is 602 g/mol. The molecular weight excluding hydrogens is 569 g/mol. The molecule has 3 amide bonds. The zero-order valence-electron chi connectivity index (χ0n) is 24.7. The molecule has 0 saturated carbocycles. The smallest absolute Gasteiger partial charge is 0.415 e. The van der Waals surface area contributed by atoms with Gasteiger partial charge in [-0.05, 0) is 50.6 Å². The van der Waals surface area contributed by atoms with Gasteiger partial charge in [0.1, 0.15) is 17.1 Å². The number of benzene rings is 3. The predicted octanol–water partition coefficient (Wildman–Crippen LogP) is 6.19. The van der Waals surface area contributed by atoms with Crippen molar-refractivity contribution in [3.63, 3.8) is 0 Å². The van der Waals surface area contributed by atoms with Crippen molar-refractivity contribution in [2.75, 3.05) is 17.7 Å². The first-order valence-electron chi connectivity index (χ1n) is 13.8. The van der Waals surface area contributed by atoms with Crippen LogP contribution in [0.1, 0.15) is 47.8 Å². The molecule has 12 heteroatoms. The lowest BCUT2D eigenvalue weighted by Gasteiger charge is -2.28. The summed E-state index contributed by atoms with van der Waals surface area (Å²) in [7, 11) is 1.61. The normalized spacial score (nSPS) is 12.7. The number of rotatable bonds is 8. The van der Waals surface area contributed by atoms with E-state index in [1.165, 1.54) is 23.2 Å². The van der Waals surface area contributed by atoms with E-state index >= 15 is 4.39 Å². The molecule has 0 fully saturated rings. The van der Waals surface area contributed by atoms with Crippen molar-refractivity contribution >= 4 is 29.5 Å². The van der Waals surface area contributed by atoms with Crippen LogP contribution in [0.15, 0.2) is 73.1 Å². The summed E-state index contributed by atoms with van der Waals surface area (Å²) < 4.78 is 32.7. The Labute approximate surface area is 253 Å². The second-order valence-corrected chi connectivity index (χ2v) is 11.2.